The van der Waals surface area contributed by atoms with Gasteiger partial charge in [0.1, 0.15) is 88.5 Å². The molecule has 12 N–H and O–H groups in total. The van der Waals surface area contributed by atoms with Crippen molar-refractivity contribution >= 4 is 133 Å². The van der Waals surface area contributed by atoms with Gasteiger partial charge in [0.15, 0.2) is 0 Å². The second kappa shape index (κ2) is 32.9. The van der Waals surface area contributed by atoms with E-state index in [-0.39, 0.29) is 90.5 Å². The Labute approximate surface area is 715 Å². The molecule has 0 unspecified atom stereocenters. The molecule has 0 fully saturated rings. The molecule has 0 spiro atoms. The number of aromatic nitrogens is 4. The number of thiophene rings is 4. The lowest BCUT2D eigenvalue weighted by Crippen LogP contribution is -2.08. The summed E-state index contributed by atoms with van der Waals surface area (Å²) in [6.07, 6.45) is 15.6. The number of fused-ring (bicyclic) bond motifs is 8. The monoisotopic (exact) mass is 1740 g/mol. The number of hydrogen-bond donors (Lipinski definition) is 12. The Balaban J connectivity index is 0.000000113. The summed E-state index contributed by atoms with van der Waals surface area (Å²) < 4.78 is 15.3. The largest absolute Gasteiger partial charge is 0.507 e. The fourth-order valence-corrected chi connectivity index (χ4v) is 22.8. The Morgan fingerprint density at radius 2 is 0.563 bits per heavy atom. The molecule has 602 valence electrons. The van der Waals surface area contributed by atoms with Crippen LogP contribution in [-0.2, 0) is 51.4 Å². The molecule has 8 heterocycles. The van der Waals surface area contributed by atoms with Gasteiger partial charge in [0.2, 0.25) is 0 Å². The lowest BCUT2D eigenvalue weighted by Gasteiger charge is -2.19. The van der Waals surface area contributed by atoms with Crippen molar-refractivity contribution in [3.63, 3.8) is 0 Å². The molecule has 0 saturated heterocycles. The third kappa shape index (κ3) is 14.7. The molecule has 4 aliphatic rings. The van der Waals surface area contributed by atoms with Gasteiger partial charge in [-0.2, -0.15) is 0 Å². The van der Waals surface area contributed by atoms with Gasteiger partial charge in [-0.1, -0.05) is 197 Å². The first-order valence-electron chi connectivity index (χ1n) is 39.0. The van der Waals surface area contributed by atoms with Crippen molar-refractivity contribution < 1.29 is 45.2 Å². The molecule has 0 saturated carbocycles. The second-order valence-electron chi connectivity index (χ2n) is 30.4. The Bertz CT molecular complexity index is 6870. The smallest absolute Gasteiger partial charge is 0.260 e. The molecule has 4 aliphatic carbocycles. The van der Waals surface area contributed by atoms with E-state index in [1.54, 1.807) is 30.3 Å². The number of phenolic OH excluding ortho intramolecular Hbond substituents is 4. The third-order valence-electron chi connectivity index (χ3n) is 23.1. The van der Waals surface area contributed by atoms with Crippen LogP contribution in [-0.4, -0.2) is 60.8 Å². The Morgan fingerprint density at radius 3 is 0.874 bits per heavy atom. The first kappa shape index (κ1) is 80.3. The second-order valence-corrected chi connectivity index (χ2v) is 36.9. The van der Waals surface area contributed by atoms with E-state index in [1.807, 2.05) is 117 Å². The highest BCUT2D eigenvalue weighted by Crippen LogP contribution is 2.56. The topological polar surface area (TPSA) is 293 Å². The maximum Gasteiger partial charge on any atom is 0.260 e. The minimum absolute atomic E-state index is 0.0323. The summed E-state index contributed by atoms with van der Waals surface area (Å²) in [7, 11) is 0. The standard InChI is InChI=1S/2C24H20ClNO3S.C23H17ClFNO3S.C23H18ClNO3S/c1-12-5-4-7-14(11-12)17-21(28)19-18(22(25)30-24(19)26-23(17)29)16-10-9-13-6-2-3-8-15(13)20(16)27;1-12-6-8-14(9-7-12)17-21(28)19-18(22(25)30-24(19)26-23(17)29)16-11-10-13-4-2-3-5-15(13)20(16)27;24-21-17(15-9-8-11-4-1-2-7-14(11)19(15)27)18-20(28)16(22(29)26-23(18)30-21)12-5-3-6-13(25)10-12;24-21-17(15-11-10-12-6-4-5-9-14(12)19(15)26)18-20(27)16(13-7-2-1-3-8-13)22(28)25-23(18)29-21/h4-5,7,9-11,27H,2-3,6,8H2,1H3,(H2,26,28,29);6-11,27H,2-5H2,1H3,(H2,26,28,29);3,5-6,8-10,27H,1-2,4,7H2,(H2,26,28,29);1-3,7-8,10-11,26H,4-6,9H2,(H2,25,27,28). The molecule has 16 nitrogen and oxygen atoms in total. The molecule has 8 aromatic carbocycles. The molecular weight excluding hydrogens is 1670 g/mol. The summed E-state index contributed by atoms with van der Waals surface area (Å²) in [5, 5.41) is 90.4. The normalized spacial score (nSPS) is 13.5. The average molecular weight is 1740 g/mol. The number of benzene rings is 8. The van der Waals surface area contributed by atoms with E-state index in [0.29, 0.717) is 119 Å². The number of phenols is 4. The summed E-state index contributed by atoms with van der Waals surface area (Å²) in [6.45, 7) is 3.90. The van der Waals surface area contributed by atoms with Crippen LogP contribution in [0.15, 0.2) is 171 Å². The minimum Gasteiger partial charge on any atom is -0.507 e. The summed E-state index contributed by atoms with van der Waals surface area (Å²) in [6, 6.07) is 44.9. The van der Waals surface area contributed by atoms with E-state index in [1.165, 1.54) is 52.2 Å². The quantitative estimate of drug-likeness (QED) is 0.0676. The number of aromatic hydroxyl groups is 8. The third-order valence-corrected chi connectivity index (χ3v) is 28.3. The maximum atomic E-state index is 13.7. The predicted molar refractivity (Wildman–Crippen MR) is 483 cm³/mol. The van der Waals surface area contributed by atoms with Crippen molar-refractivity contribution in [2.45, 2.75) is 117 Å². The molecule has 0 bridgehead atoms. The van der Waals surface area contributed by atoms with Crippen molar-refractivity contribution in [2.24, 2.45) is 0 Å². The van der Waals surface area contributed by atoms with Crippen LogP contribution in [0.3, 0.4) is 0 Å². The lowest BCUT2D eigenvalue weighted by atomic mass is 9.88. The van der Waals surface area contributed by atoms with Crippen LogP contribution in [0, 0.1) is 19.7 Å². The summed E-state index contributed by atoms with van der Waals surface area (Å²) >= 11 is 30.9. The van der Waals surface area contributed by atoms with E-state index >= 15 is 0 Å². The van der Waals surface area contributed by atoms with Crippen LogP contribution in [0.25, 0.3) is 130 Å². The Hall–Kier alpha value is -11.1. The van der Waals surface area contributed by atoms with E-state index in [9.17, 15) is 64.4 Å². The van der Waals surface area contributed by atoms with E-state index in [2.05, 4.69) is 19.9 Å². The molecule has 16 aromatic rings. The molecule has 0 aliphatic heterocycles. The van der Waals surface area contributed by atoms with Gasteiger partial charge in [-0.05, 0) is 195 Å². The SMILES string of the molecule is Cc1ccc(-c2c(O)c3c(-c4ccc5c(c4O)CCCC5)c(Cl)sc3[nH]c2=O)cc1.Cc1cccc(-c2c(O)c3c(-c4ccc5c(c4O)CCCC5)c(Cl)sc3[nH]c2=O)c1.O=c1[nH]c2sc(Cl)c(-c3ccc4c(c3O)CCCC4)c2c(O)c1-c1cccc(F)c1.O=c1[nH]c2sc(Cl)c(-c3ccc4c(c3O)CCCC4)c2c(O)c1-c1ccccc1. The molecule has 119 heavy (non-hydrogen) atoms. The molecule has 0 radical (unpaired) electrons. The van der Waals surface area contributed by atoms with Gasteiger partial charge in [0.05, 0.1) is 43.8 Å². The van der Waals surface area contributed by atoms with Crippen LogP contribution in [0.5, 0.6) is 46.0 Å². The number of halogens is 5. The average Bonchev–Trinajstić information content (AvgIpc) is 1.65. The summed E-state index contributed by atoms with van der Waals surface area (Å²) in [5.41, 5.74) is 15.9. The number of pyridine rings is 4. The van der Waals surface area contributed by atoms with Crippen molar-refractivity contribution in [3.05, 3.63) is 272 Å². The van der Waals surface area contributed by atoms with Crippen LogP contribution < -0.4 is 22.2 Å². The fraction of sp³-hybridized carbons (Fsp3) is 0.191. The number of hydrogen-bond acceptors (Lipinski definition) is 16. The van der Waals surface area contributed by atoms with Gasteiger partial charge < -0.3 is 60.8 Å². The highest BCUT2D eigenvalue weighted by molar-refractivity contribution is 7.24. The number of aromatic amines is 4. The molecule has 0 atom stereocenters. The number of aryl methyl sites for hydroxylation is 6. The van der Waals surface area contributed by atoms with Gasteiger partial charge in [0.25, 0.3) is 22.2 Å². The zero-order valence-corrected chi connectivity index (χ0v) is 70.3. The van der Waals surface area contributed by atoms with Gasteiger partial charge in [-0.25, -0.2) is 4.39 Å². The lowest BCUT2D eigenvalue weighted by molar-refractivity contribution is 0.463. The number of H-pyrrole nitrogens is 4. The molecule has 8 aromatic heterocycles. The number of rotatable bonds is 8. The van der Waals surface area contributed by atoms with E-state index < -0.39 is 11.4 Å². The van der Waals surface area contributed by atoms with Crippen molar-refractivity contribution in [3.8, 4) is 135 Å². The predicted octanol–water partition coefficient (Wildman–Crippen LogP) is 24.2. The molecule has 25 heteroatoms. The van der Waals surface area contributed by atoms with Gasteiger partial charge in [0, 0.05) is 44.5 Å². The van der Waals surface area contributed by atoms with Crippen LogP contribution >= 0.6 is 91.8 Å². The molecule has 0 amide bonds. The van der Waals surface area contributed by atoms with Gasteiger partial charge >= 0.3 is 0 Å². The number of nitrogens with one attached hydrogen (secondary N) is 4. The van der Waals surface area contributed by atoms with E-state index in [4.69, 9.17) is 46.4 Å². The highest BCUT2D eigenvalue weighted by Gasteiger charge is 2.32. The van der Waals surface area contributed by atoms with Crippen molar-refractivity contribution in [1.29, 1.82) is 0 Å². The Kier molecular flexibility index (Phi) is 22.2. The first-order chi connectivity index (χ1) is 57.4. The van der Waals surface area contributed by atoms with Gasteiger partial charge in [-0.15, -0.1) is 45.3 Å². The minimum atomic E-state index is -0.537. The van der Waals surface area contributed by atoms with Crippen molar-refractivity contribution in [1.82, 2.24) is 19.9 Å². The first-order valence-corrected chi connectivity index (χ1v) is 43.8. The van der Waals surface area contributed by atoms with Crippen LogP contribution in [0.4, 0.5) is 4.39 Å². The summed E-state index contributed by atoms with van der Waals surface area (Å²) in [5.74, 6) is -0.334. The molecular formula is C94H75Cl4FN4O12S4. The van der Waals surface area contributed by atoms with E-state index in [0.717, 1.165) is 170 Å². The zero-order chi connectivity index (χ0) is 83.1. The summed E-state index contributed by atoms with van der Waals surface area (Å²) in [4.78, 5) is 64.1. The van der Waals surface area contributed by atoms with Crippen LogP contribution in [0.2, 0.25) is 17.3 Å². The fourth-order valence-electron chi connectivity index (χ4n) is 17.3. The van der Waals surface area contributed by atoms with Crippen molar-refractivity contribution in [2.75, 3.05) is 0 Å². The van der Waals surface area contributed by atoms with Gasteiger partial charge in [-0.3, -0.25) is 19.2 Å². The van der Waals surface area contributed by atoms with Crippen LogP contribution in [0.1, 0.15) is 107 Å². The zero-order valence-electron chi connectivity index (χ0n) is 64.0. The Morgan fingerprint density at radius 1 is 0.286 bits per heavy atom. The maximum absolute atomic E-state index is 13.7. The molecule has 20 rings (SSSR count). The highest BCUT2D eigenvalue weighted by atomic mass is 35.5.